The van der Waals surface area contributed by atoms with E-state index in [1.165, 1.54) is 29.8 Å². The number of rotatable bonds is 6. The molecule has 0 spiro atoms. The Kier molecular flexibility index (Phi) is 5.96. The highest BCUT2D eigenvalue weighted by Crippen LogP contribution is 2.29. The van der Waals surface area contributed by atoms with E-state index in [0.29, 0.717) is 5.69 Å². The molecule has 5 nitrogen and oxygen atoms in total. The van der Waals surface area contributed by atoms with E-state index in [-0.39, 0.29) is 31.0 Å². The first-order valence-electron chi connectivity index (χ1n) is 8.62. The Morgan fingerprint density at radius 2 is 1.77 bits per heavy atom. The highest BCUT2D eigenvalue weighted by atomic mass is 19.1. The second kappa shape index (κ2) is 8.58. The number of benzene rings is 2. The molecule has 136 valence electrons. The molecule has 2 aromatic rings. The van der Waals surface area contributed by atoms with Crippen molar-refractivity contribution in [1.29, 1.82) is 0 Å². The minimum absolute atomic E-state index is 0.0101. The van der Waals surface area contributed by atoms with Gasteiger partial charge in [-0.05, 0) is 54.7 Å². The Balaban J connectivity index is 1.42. The molecule has 2 N–H and O–H groups in total. The van der Waals surface area contributed by atoms with Crippen LogP contribution in [0.25, 0.3) is 0 Å². The van der Waals surface area contributed by atoms with E-state index in [2.05, 4.69) is 16.7 Å². The van der Waals surface area contributed by atoms with Crippen molar-refractivity contribution < 1.29 is 18.7 Å². The van der Waals surface area contributed by atoms with Gasteiger partial charge in [0.05, 0.1) is 6.04 Å². The van der Waals surface area contributed by atoms with Gasteiger partial charge >= 0.3 is 0 Å². The molecule has 1 atom stereocenters. The zero-order chi connectivity index (χ0) is 18.4. The van der Waals surface area contributed by atoms with E-state index in [0.717, 1.165) is 24.8 Å². The average molecular weight is 356 g/mol. The molecule has 1 aliphatic carbocycles. The third-order valence-electron chi connectivity index (χ3n) is 4.30. The quantitative estimate of drug-likeness (QED) is 0.836. The fraction of sp³-hybridized carbons (Fsp3) is 0.300. The Morgan fingerprint density at radius 3 is 2.58 bits per heavy atom. The van der Waals surface area contributed by atoms with Gasteiger partial charge in [-0.25, -0.2) is 4.39 Å². The molecule has 0 radical (unpaired) electrons. The summed E-state index contributed by atoms with van der Waals surface area (Å²) in [6, 6.07) is 13.5. The first-order chi connectivity index (χ1) is 12.6. The van der Waals surface area contributed by atoms with Gasteiger partial charge in [0.2, 0.25) is 11.8 Å². The molecule has 1 unspecified atom stereocenters. The largest absolute Gasteiger partial charge is 0.362 e. The smallest absolute Gasteiger partial charge is 0.250 e. The predicted molar refractivity (Wildman–Crippen MR) is 96.1 cm³/mol. The molecule has 3 rings (SSSR count). The minimum atomic E-state index is -0.396. The summed E-state index contributed by atoms with van der Waals surface area (Å²) < 4.78 is 18.0. The summed E-state index contributed by atoms with van der Waals surface area (Å²) in [6.07, 6.45) is 2.96. The van der Waals surface area contributed by atoms with Crippen LogP contribution in [0.4, 0.5) is 10.1 Å². The van der Waals surface area contributed by atoms with Gasteiger partial charge in [-0.3, -0.25) is 9.59 Å². The zero-order valence-electron chi connectivity index (χ0n) is 14.3. The number of anilines is 1. The van der Waals surface area contributed by atoms with E-state index in [1.54, 1.807) is 0 Å². The van der Waals surface area contributed by atoms with Crippen LogP contribution in [-0.4, -0.2) is 25.0 Å². The van der Waals surface area contributed by atoms with Crippen LogP contribution >= 0.6 is 0 Å². The summed E-state index contributed by atoms with van der Waals surface area (Å²) in [4.78, 5) is 23.9. The number of amides is 2. The van der Waals surface area contributed by atoms with Gasteiger partial charge in [0, 0.05) is 5.69 Å². The highest BCUT2D eigenvalue weighted by molar-refractivity contribution is 5.91. The van der Waals surface area contributed by atoms with Crippen LogP contribution in [0.5, 0.6) is 0 Å². The lowest BCUT2D eigenvalue weighted by molar-refractivity contribution is -0.129. The number of fused-ring (bicyclic) bond motifs is 1. The van der Waals surface area contributed by atoms with Crippen LogP contribution < -0.4 is 10.6 Å². The van der Waals surface area contributed by atoms with E-state index < -0.39 is 5.91 Å². The lowest BCUT2D eigenvalue weighted by Crippen LogP contribution is -2.34. The minimum Gasteiger partial charge on any atom is -0.362 e. The lowest BCUT2D eigenvalue weighted by atomic mass is 9.88. The number of aryl methyl sites for hydroxylation is 1. The summed E-state index contributed by atoms with van der Waals surface area (Å²) >= 11 is 0. The lowest BCUT2D eigenvalue weighted by Gasteiger charge is -2.26. The molecular formula is C20H21FN2O3. The van der Waals surface area contributed by atoms with Crippen molar-refractivity contribution in [1.82, 2.24) is 5.32 Å². The summed E-state index contributed by atoms with van der Waals surface area (Å²) in [5, 5.41) is 5.54. The van der Waals surface area contributed by atoms with E-state index >= 15 is 0 Å². The third-order valence-corrected chi connectivity index (χ3v) is 4.30. The van der Waals surface area contributed by atoms with Gasteiger partial charge in [-0.2, -0.15) is 0 Å². The van der Waals surface area contributed by atoms with Gasteiger partial charge in [0.15, 0.2) is 0 Å². The SMILES string of the molecule is O=C(COCC(=O)NC1CCCc2ccccc21)Nc1ccc(F)cc1. The Hall–Kier alpha value is -2.73. The number of hydrogen-bond acceptors (Lipinski definition) is 3. The molecule has 2 aromatic carbocycles. The standard InChI is InChI=1S/C20H21FN2O3/c21-15-8-10-16(11-9-15)22-19(24)12-26-13-20(25)23-18-7-3-5-14-4-1-2-6-17(14)18/h1-2,4,6,8-11,18H,3,5,7,12-13H2,(H,22,24)(H,23,25). The molecule has 0 fully saturated rings. The fourth-order valence-corrected chi connectivity index (χ4v) is 3.11. The summed E-state index contributed by atoms with van der Waals surface area (Å²) in [6.45, 7) is -0.429. The molecule has 1 aliphatic rings. The van der Waals surface area contributed by atoms with Crippen LogP contribution in [0.3, 0.4) is 0 Å². The van der Waals surface area contributed by atoms with Gasteiger partial charge < -0.3 is 15.4 Å². The first kappa shape index (κ1) is 18.1. The van der Waals surface area contributed by atoms with Crippen LogP contribution in [0.15, 0.2) is 48.5 Å². The molecule has 0 heterocycles. The number of halogens is 1. The summed E-state index contributed by atoms with van der Waals surface area (Å²) in [5.74, 6) is -1.02. The molecule has 0 aliphatic heterocycles. The molecule has 0 saturated carbocycles. The van der Waals surface area contributed by atoms with Crippen LogP contribution in [0.2, 0.25) is 0 Å². The molecule has 0 saturated heterocycles. The maximum absolute atomic E-state index is 12.8. The van der Waals surface area contributed by atoms with Crippen LogP contribution in [-0.2, 0) is 20.7 Å². The first-order valence-corrected chi connectivity index (χ1v) is 8.62. The molecular weight excluding hydrogens is 335 g/mol. The fourth-order valence-electron chi connectivity index (χ4n) is 3.11. The zero-order valence-corrected chi connectivity index (χ0v) is 14.3. The molecule has 2 amide bonds. The maximum Gasteiger partial charge on any atom is 0.250 e. The summed E-state index contributed by atoms with van der Waals surface area (Å²) in [7, 11) is 0. The topological polar surface area (TPSA) is 67.4 Å². The predicted octanol–water partition coefficient (Wildman–Crippen LogP) is 2.97. The number of carbonyl (C=O) groups excluding carboxylic acids is 2. The van der Waals surface area contributed by atoms with Crippen molar-refractivity contribution >= 4 is 17.5 Å². The monoisotopic (exact) mass is 356 g/mol. The van der Waals surface area contributed by atoms with Crippen molar-refractivity contribution in [2.75, 3.05) is 18.5 Å². The molecule has 26 heavy (non-hydrogen) atoms. The Morgan fingerprint density at radius 1 is 1.04 bits per heavy atom. The van der Waals surface area contributed by atoms with Crippen molar-refractivity contribution in [3.8, 4) is 0 Å². The number of ether oxygens (including phenoxy) is 1. The number of carbonyl (C=O) groups is 2. The van der Waals surface area contributed by atoms with Crippen molar-refractivity contribution in [2.45, 2.75) is 25.3 Å². The number of hydrogen-bond donors (Lipinski definition) is 2. The van der Waals surface area contributed by atoms with E-state index in [9.17, 15) is 14.0 Å². The van der Waals surface area contributed by atoms with Gasteiger partial charge in [-0.1, -0.05) is 24.3 Å². The Labute approximate surface area is 151 Å². The van der Waals surface area contributed by atoms with Crippen LogP contribution in [0, 0.1) is 5.82 Å². The van der Waals surface area contributed by atoms with Crippen LogP contribution in [0.1, 0.15) is 30.0 Å². The van der Waals surface area contributed by atoms with E-state index in [1.807, 2.05) is 18.2 Å². The second-order valence-corrected chi connectivity index (χ2v) is 6.26. The van der Waals surface area contributed by atoms with E-state index in [4.69, 9.17) is 4.74 Å². The van der Waals surface area contributed by atoms with Gasteiger partial charge in [0.1, 0.15) is 19.0 Å². The normalized spacial score (nSPS) is 15.8. The maximum atomic E-state index is 12.8. The average Bonchev–Trinajstić information content (AvgIpc) is 2.64. The van der Waals surface area contributed by atoms with Crippen molar-refractivity contribution in [3.63, 3.8) is 0 Å². The Bertz CT molecular complexity index is 777. The molecule has 0 bridgehead atoms. The highest BCUT2D eigenvalue weighted by Gasteiger charge is 2.21. The molecule has 6 heteroatoms. The molecule has 0 aromatic heterocycles. The number of nitrogens with one attached hydrogen (secondary N) is 2. The van der Waals surface area contributed by atoms with Gasteiger partial charge in [-0.15, -0.1) is 0 Å². The summed E-state index contributed by atoms with van der Waals surface area (Å²) in [5.41, 5.74) is 2.90. The third kappa shape index (κ3) is 4.89. The van der Waals surface area contributed by atoms with Gasteiger partial charge in [0.25, 0.3) is 0 Å². The van der Waals surface area contributed by atoms with Crippen molar-refractivity contribution in [2.24, 2.45) is 0 Å². The second-order valence-electron chi connectivity index (χ2n) is 6.26. The van der Waals surface area contributed by atoms with Crippen molar-refractivity contribution in [3.05, 3.63) is 65.5 Å².